The number of piperazine rings is 1. The second-order valence-electron chi connectivity index (χ2n) is 5.98. The Labute approximate surface area is 143 Å². The Morgan fingerprint density at radius 3 is 2.78 bits per heavy atom. The standard InChI is InChI=1S/C15H17Cl2N3O3/c16-10-1-2-11(21)13(14(10)17)8-3-4-20-9(5-8)6-19(15(18)23)7-12(20)22/h1-2,8-9,21H,3-7H2,(H2,18,23)/t8-,9+/m1/s1. The summed E-state index contributed by atoms with van der Waals surface area (Å²) in [5, 5.41) is 10.9. The molecule has 1 aromatic rings. The summed E-state index contributed by atoms with van der Waals surface area (Å²) in [6, 6.07) is 2.36. The summed E-state index contributed by atoms with van der Waals surface area (Å²) >= 11 is 12.3. The maximum atomic E-state index is 12.2. The lowest BCUT2D eigenvalue weighted by molar-refractivity contribution is -0.140. The van der Waals surface area contributed by atoms with Crippen LogP contribution in [0.5, 0.6) is 5.75 Å². The van der Waals surface area contributed by atoms with E-state index < -0.39 is 6.03 Å². The molecule has 124 valence electrons. The first-order chi connectivity index (χ1) is 10.9. The molecule has 2 aliphatic heterocycles. The number of hydrogen-bond donors (Lipinski definition) is 2. The minimum absolute atomic E-state index is 0.0249. The third-order valence-electron chi connectivity index (χ3n) is 4.62. The Balaban J connectivity index is 1.85. The molecule has 3 N–H and O–H groups in total. The number of phenols is 1. The first kappa shape index (κ1) is 16.2. The summed E-state index contributed by atoms with van der Waals surface area (Å²) in [5.41, 5.74) is 5.92. The van der Waals surface area contributed by atoms with E-state index in [1.165, 1.54) is 11.0 Å². The monoisotopic (exact) mass is 357 g/mol. The van der Waals surface area contributed by atoms with Crippen LogP contribution in [0.3, 0.4) is 0 Å². The average molecular weight is 358 g/mol. The molecule has 1 aromatic carbocycles. The zero-order valence-corrected chi connectivity index (χ0v) is 13.8. The molecular formula is C15H17Cl2N3O3. The number of rotatable bonds is 1. The number of piperidine rings is 1. The SMILES string of the molecule is NC(=O)N1CC(=O)N2CC[C@@H](c3c(O)ccc(Cl)c3Cl)C[C@H]2C1. The number of primary amides is 1. The maximum absolute atomic E-state index is 12.2. The van der Waals surface area contributed by atoms with Crippen molar-refractivity contribution in [3.8, 4) is 5.75 Å². The lowest BCUT2D eigenvalue weighted by atomic mass is 9.83. The molecule has 0 aliphatic carbocycles. The Morgan fingerprint density at radius 2 is 2.09 bits per heavy atom. The number of fused-ring (bicyclic) bond motifs is 1. The van der Waals surface area contributed by atoms with E-state index in [9.17, 15) is 14.7 Å². The van der Waals surface area contributed by atoms with Crippen molar-refractivity contribution in [1.82, 2.24) is 9.80 Å². The van der Waals surface area contributed by atoms with Gasteiger partial charge in [-0.3, -0.25) is 4.79 Å². The van der Waals surface area contributed by atoms with Crippen molar-refractivity contribution >= 4 is 35.1 Å². The number of hydrogen-bond acceptors (Lipinski definition) is 3. The minimum atomic E-state index is -0.594. The second kappa shape index (κ2) is 6.09. The van der Waals surface area contributed by atoms with Crippen LogP contribution in [-0.2, 0) is 4.79 Å². The van der Waals surface area contributed by atoms with Crippen molar-refractivity contribution in [3.63, 3.8) is 0 Å². The molecule has 0 aromatic heterocycles. The summed E-state index contributed by atoms with van der Waals surface area (Å²) in [7, 11) is 0. The number of carbonyl (C=O) groups excluding carboxylic acids is 2. The predicted octanol–water partition coefficient (Wildman–Crippen LogP) is 2.17. The van der Waals surface area contributed by atoms with Crippen molar-refractivity contribution in [1.29, 1.82) is 0 Å². The highest BCUT2D eigenvalue weighted by atomic mass is 35.5. The Morgan fingerprint density at radius 1 is 1.35 bits per heavy atom. The fourth-order valence-corrected chi connectivity index (χ4v) is 3.98. The lowest BCUT2D eigenvalue weighted by Gasteiger charge is -2.45. The van der Waals surface area contributed by atoms with E-state index in [1.807, 2.05) is 0 Å². The fraction of sp³-hybridized carbons (Fsp3) is 0.467. The zero-order chi connectivity index (χ0) is 16.7. The first-order valence-electron chi connectivity index (χ1n) is 7.39. The molecule has 0 spiro atoms. The number of aromatic hydroxyl groups is 1. The van der Waals surface area contributed by atoms with Crippen LogP contribution in [0.4, 0.5) is 4.79 Å². The third-order valence-corrected chi connectivity index (χ3v) is 5.44. The van der Waals surface area contributed by atoms with E-state index in [4.69, 9.17) is 28.9 Å². The molecule has 2 atom stereocenters. The maximum Gasteiger partial charge on any atom is 0.315 e. The predicted molar refractivity (Wildman–Crippen MR) is 86.8 cm³/mol. The van der Waals surface area contributed by atoms with Crippen LogP contribution in [0, 0.1) is 0 Å². The fourth-order valence-electron chi connectivity index (χ4n) is 3.50. The van der Waals surface area contributed by atoms with E-state index in [-0.39, 0.29) is 30.2 Å². The Bertz CT molecular complexity index is 668. The van der Waals surface area contributed by atoms with Gasteiger partial charge in [-0.25, -0.2) is 4.79 Å². The van der Waals surface area contributed by atoms with E-state index in [1.54, 1.807) is 11.0 Å². The van der Waals surface area contributed by atoms with Crippen LogP contribution in [0.25, 0.3) is 0 Å². The van der Waals surface area contributed by atoms with Gasteiger partial charge in [0.2, 0.25) is 5.91 Å². The van der Waals surface area contributed by atoms with E-state index in [2.05, 4.69) is 0 Å². The quantitative estimate of drug-likeness (QED) is 0.807. The number of amides is 3. The molecule has 23 heavy (non-hydrogen) atoms. The molecule has 2 aliphatic rings. The molecule has 2 fully saturated rings. The highest BCUT2D eigenvalue weighted by Gasteiger charge is 2.39. The number of phenolic OH excluding ortho intramolecular Hbond substituents is 1. The molecule has 6 nitrogen and oxygen atoms in total. The van der Waals surface area contributed by atoms with Crippen molar-refractivity contribution in [2.75, 3.05) is 19.6 Å². The van der Waals surface area contributed by atoms with Gasteiger partial charge in [0, 0.05) is 24.7 Å². The smallest absolute Gasteiger partial charge is 0.315 e. The molecular weight excluding hydrogens is 341 g/mol. The van der Waals surface area contributed by atoms with Gasteiger partial charge in [-0.1, -0.05) is 23.2 Å². The molecule has 0 saturated carbocycles. The van der Waals surface area contributed by atoms with Gasteiger partial charge in [0.25, 0.3) is 0 Å². The van der Waals surface area contributed by atoms with Crippen LogP contribution in [-0.4, -0.2) is 52.5 Å². The van der Waals surface area contributed by atoms with Gasteiger partial charge in [-0.2, -0.15) is 0 Å². The molecule has 0 radical (unpaired) electrons. The van der Waals surface area contributed by atoms with Crippen LogP contribution in [0.2, 0.25) is 10.0 Å². The van der Waals surface area contributed by atoms with Gasteiger partial charge in [0.1, 0.15) is 12.3 Å². The average Bonchev–Trinajstić information content (AvgIpc) is 2.51. The number of carbonyl (C=O) groups is 2. The molecule has 0 unspecified atom stereocenters. The number of nitrogens with two attached hydrogens (primary N) is 1. The van der Waals surface area contributed by atoms with Gasteiger partial charge in [0.15, 0.2) is 0 Å². The van der Waals surface area contributed by atoms with E-state index in [0.29, 0.717) is 41.5 Å². The van der Waals surface area contributed by atoms with Gasteiger partial charge in [0.05, 0.1) is 10.0 Å². The van der Waals surface area contributed by atoms with E-state index >= 15 is 0 Å². The van der Waals surface area contributed by atoms with Crippen molar-refractivity contribution in [3.05, 3.63) is 27.7 Å². The summed E-state index contributed by atoms with van der Waals surface area (Å²) in [6.07, 6.45) is 1.29. The highest BCUT2D eigenvalue weighted by Crippen LogP contribution is 2.43. The molecule has 2 heterocycles. The first-order valence-corrected chi connectivity index (χ1v) is 8.14. The second-order valence-corrected chi connectivity index (χ2v) is 6.76. The summed E-state index contributed by atoms with van der Waals surface area (Å²) in [6.45, 7) is 0.985. The molecule has 8 heteroatoms. The van der Waals surface area contributed by atoms with E-state index in [0.717, 1.165) is 0 Å². The summed E-state index contributed by atoms with van der Waals surface area (Å²) < 4.78 is 0. The molecule has 2 saturated heterocycles. The van der Waals surface area contributed by atoms with Gasteiger partial charge in [-0.05, 0) is 30.9 Å². The number of benzene rings is 1. The van der Waals surface area contributed by atoms with Crippen molar-refractivity contribution in [2.45, 2.75) is 24.8 Å². The molecule has 3 rings (SSSR count). The third kappa shape index (κ3) is 2.93. The summed E-state index contributed by atoms with van der Waals surface area (Å²) in [4.78, 5) is 26.7. The number of urea groups is 1. The minimum Gasteiger partial charge on any atom is -0.508 e. The van der Waals surface area contributed by atoms with Crippen LogP contribution < -0.4 is 5.73 Å². The van der Waals surface area contributed by atoms with Crippen LogP contribution >= 0.6 is 23.2 Å². The van der Waals surface area contributed by atoms with Gasteiger partial charge < -0.3 is 20.6 Å². The largest absolute Gasteiger partial charge is 0.508 e. The zero-order valence-electron chi connectivity index (χ0n) is 12.3. The topological polar surface area (TPSA) is 86.9 Å². The highest BCUT2D eigenvalue weighted by molar-refractivity contribution is 6.42. The number of halogens is 2. The number of nitrogens with zero attached hydrogens (tertiary/aromatic N) is 2. The Kier molecular flexibility index (Phi) is 4.29. The molecule has 0 bridgehead atoms. The van der Waals surface area contributed by atoms with Crippen molar-refractivity contribution < 1.29 is 14.7 Å². The van der Waals surface area contributed by atoms with Gasteiger partial charge in [-0.15, -0.1) is 0 Å². The summed E-state index contributed by atoms with van der Waals surface area (Å²) in [5.74, 6) is -0.0188. The van der Waals surface area contributed by atoms with Crippen LogP contribution in [0.15, 0.2) is 12.1 Å². The van der Waals surface area contributed by atoms with Crippen molar-refractivity contribution in [2.24, 2.45) is 5.73 Å². The lowest BCUT2D eigenvalue weighted by Crippen LogP contribution is -2.60. The van der Waals surface area contributed by atoms with Crippen LogP contribution in [0.1, 0.15) is 24.3 Å². The Hall–Kier alpha value is -1.66. The molecule has 3 amide bonds. The normalized spacial score (nSPS) is 24.5. The van der Waals surface area contributed by atoms with Gasteiger partial charge >= 0.3 is 6.03 Å².